The number of nitrogens with one attached hydrogen (secondary N) is 1. The van der Waals surface area contributed by atoms with Crippen LogP contribution in [0.3, 0.4) is 0 Å². The zero-order chi connectivity index (χ0) is 21.6. The van der Waals surface area contributed by atoms with E-state index in [9.17, 15) is 9.18 Å². The number of pyridine rings is 1. The zero-order valence-corrected chi connectivity index (χ0v) is 17.1. The van der Waals surface area contributed by atoms with Crippen LogP contribution in [0.5, 0.6) is 0 Å². The molecule has 154 valence electrons. The van der Waals surface area contributed by atoms with Gasteiger partial charge in [-0.2, -0.15) is 0 Å². The monoisotopic (exact) mass is 398 g/mol. The molecule has 1 aromatic rings. The van der Waals surface area contributed by atoms with E-state index in [-0.39, 0.29) is 23.8 Å². The summed E-state index contributed by atoms with van der Waals surface area (Å²) in [6.45, 7) is 13.2. The molecule has 0 spiro atoms. The Labute approximate surface area is 170 Å². The number of halogens is 1. The molecule has 1 saturated carbocycles. The molecule has 0 aliphatic heterocycles. The molecule has 1 aromatic heterocycles. The number of rotatable bonds is 9. The molecular weight excluding hydrogens is 371 g/mol. The SMILES string of the molecule is C=C(O/C=C\C)C(N=C(N)C(=C)C(=O)NCc1ncc(F)cc1C1CC1)=C(C)C. The lowest BCUT2D eigenvalue weighted by Crippen LogP contribution is -2.31. The predicted molar refractivity (Wildman–Crippen MR) is 112 cm³/mol. The summed E-state index contributed by atoms with van der Waals surface area (Å²) in [5.41, 5.74) is 8.72. The van der Waals surface area contributed by atoms with Crippen LogP contribution in [0.15, 0.2) is 65.4 Å². The summed E-state index contributed by atoms with van der Waals surface area (Å²) in [6, 6.07) is 1.48. The van der Waals surface area contributed by atoms with Crippen molar-refractivity contribution in [1.82, 2.24) is 10.3 Å². The summed E-state index contributed by atoms with van der Waals surface area (Å²) >= 11 is 0. The van der Waals surface area contributed by atoms with Crippen LogP contribution < -0.4 is 11.1 Å². The molecule has 3 N–H and O–H groups in total. The van der Waals surface area contributed by atoms with Crippen LogP contribution in [-0.2, 0) is 16.1 Å². The Morgan fingerprint density at radius 2 is 2.14 bits per heavy atom. The highest BCUT2D eigenvalue weighted by Crippen LogP contribution is 2.41. The van der Waals surface area contributed by atoms with Gasteiger partial charge in [-0.3, -0.25) is 9.78 Å². The molecule has 0 saturated heterocycles. The van der Waals surface area contributed by atoms with Crippen LogP contribution in [0.2, 0.25) is 0 Å². The van der Waals surface area contributed by atoms with E-state index in [1.54, 1.807) is 6.08 Å². The average molecular weight is 398 g/mol. The summed E-state index contributed by atoms with van der Waals surface area (Å²) in [6.07, 6.45) is 6.35. The summed E-state index contributed by atoms with van der Waals surface area (Å²) in [4.78, 5) is 20.8. The van der Waals surface area contributed by atoms with Crippen molar-refractivity contribution in [3.63, 3.8) is 0 Å². The van der Waals surface area contributed by atoms with Crippen molar-refractivity contribution in [2.45, 2.75) is 46.1 Å². The molecule has 0 bridgehead atoms. The van der Waals surface area contributed by atoms with E-state index in [0.29, 0.717) is 23.1 Å². The maximum absolute atomic E-state index is 13.5. The molecule has 1 amide bonds. The largest absolute Gasteiger partial charge is 0.464 e. The van der Waals surface area contributed by atoms with E-state index < -0.39 is 5.91 Å². The number of nitrogens with two attached hydrogens (primary N) is 1. The van der Waals surface area contributed by atoms with Gasteiger partial charge in [-0.15, -0.1) is 0 Å². The molecule has 0 radical (unpaired) electrons. The second-order valence-electron chi connectivity index (χ2n) is 6.98. The standard InChI is InChI=1S/C22H27FN4O2/c1-6-9-29-15(5)20(13(2)3)27-21(24)14(4)22(28)26-12-19-18(16-7-8-16)10-17(23)11-25-19/h6,9-11,16H,4-5,7-8,12H2,1-3H3,(H2,24,27)(H,26,28)/b9-6-. The minimum absolute atomic E-state index is 0.0117. The molecule has 2 rings (SSSR count). The van der Waals surface area contributed by atoms with Crippen LogP contribution in [0.1, 0.15) is 50.8 Å². The minimum atomic E-state index is -0.479. The van der Waals surface area contributed by atoms with E-state index >= 15 is 0 Å². The first kappa shape index (κ1) is 22.1. The van der Waals surface area contributed by atoms with Crippen LogP contribution in [0.4, 0.5) is 4.39 Å². The van der Waals surface area contributed by atoms with Gasteiger partial charge in [-0.25, -0.2) is 9.38 Å². The Bertz CT molecular complexity index is 907. The Balaban J connectivity index is 2.07. The maximum Gasteiger partial charge on any atom is 0.254 e. The lowest BCUT2D eigenvalue weighted by Gasteiger charge is -2.12. The van der Waals surface area contributed by atoms with Gasteiger partial charge in [0.05, 0.1) is 30.3 Å². The molecule has 1 heterocycles. The van der Waals surface area contributed by atoms with Crippen LogP contribution in [0, 0.1) is 5.82 Å². The minimum Gasteiger partial charge on any atom is -0.464 e. The number of carbonyl (C=O) groups excluding carboxylic acids is 1. The third-order valence-electron chi connectivity index (χ3n) is 4.30. The van der Waals surface area contributed by atoms with Gasteiger partial charge in [-0.1, -0.05) is 19.2 Å². The molecular formula is C22H27FN4O2. The highest BCUT2D eigenvalue weighted by molar-refractivity contribution is 6.19. The van der Waals surface area contributed by atoms with Gasteiger partial charge in [0, 0.05) is 0 Å². The first-order valence-electron chi connectivity index (χ1n) is 9.35. The van der Waals surface area contributed by atoms with Crippen molar-refractivity contribution < 1.29 is 13.9 Å². The summed E-state index contributed by atoms with van der Waals surface area (Å²) in [7, 11) is 0. The molecule has 0 atom stereocenters. The van der Waals surface area contributed by atoms with E-state index in [4.69, 9.17) is 10.5 Å². The molecule has 1 aliphatic rings. The first-order chi connectivity index (χ1) is 13.7. The number of amidine groups is 1. The van der Waals surface area contributed by atoms with Crippen LogP contribution >= 0.6 is 0 Å². The number of aliphatic imine (C=N–C) groups is 1. The molecule has 1 aliphatic carbocycles. The number of carbonyl (C=O) groups is 1. The van der Waals surface area contributed by atoms with Crippen molar-refractivity contribution in [2.24, 2.45) is 10.7 Å². The fourth-order valence-electron chi connectivity index (χ4n) is 2.61. The van der Waals surface area contributed by atoms with Gasteiger partial charge in [-0.05, 0) is 56.7 Å². The van der Waals surface area contributed by atoms with E-state index in [1.807, 2.05) is 20.8 Å². The normalized spacial score (nSPS) is 13.9. The summed E-state index contributed by atoms with van der Waals surface area (Å²) < 4.78 is 18.8. The highest BCUT2D eigenvalue weighted by Gasteiger charge is 2.27. The quantitative estimate of drug-likeness (QED) is 0.216. The average Bonchev–Trinajstić information content (AvgIpc) is 3.53. The van der Waals surface area contributed by atoms with Gasteiger partial charge in [0.1, 0.15) is 23.1 Å². The third-order valence-corrected chi connectivity index (χ3v) is 4.30. The topological polar surface area (TPSA) is 89.6 Å². The Morgan fingerprint density at radius 1 is 1.45 bits per heavy atom. The fraction of sp³-hybridized carbons (Fsp3) is 0.318. The first-order valence-corrected chi connectivity index (χ1v) is 9.35. The highest BCUT2D eigenvalue weighted by atomic mass is 19.1. The van der Waals surface area contributed by atoms with Gasteiger partial charge < -0.3 is 15.8 Å². The molecule has 7 heteroatoms. The second-order valence-corrected chi connectivity index (χ2v) is 6.98. The number of ether oxygens (including phenoxy) is 1. The van der Waals surface area contributed by atoms with Crippen molar-refractivity contribution in [2.75, 3.05) is 0 Å². The summed E-state index contributed by atoms with van der Waals surface area (Å²) in [5, 5.41) is 2.72. The molecule has 0 unspecified atom stereocenters. The van der Waals surface area contributed by atoms with Crippen molar-refractivity contribution in [3.8, 4) is 0 Å². The van der Waals surface area contributed by atoms with E-state index in [2.05, 4.69) is 28.5 Å². The van der Waals surface area contributed by atoms with Gasteiger partial charge in [0.15, 0.2) is 0 Å². The summed E-state index contributed by atoms with van der Waals surface area (Å²) in [5.74, 6) is -0.282. The number of aromatic nitrogens is 1. The predicted octanol–water partition coefficient (Wildman–Crippen LogP) is 3.99. The fourth-order valence-corrected chi connectivity index (χ4v) is 2.61. The van der Waals surface area contributed by atoms with Crippen LogP contribution in [0.25, 0.3) is 0 Å². The van der Waals surface area contributed by atoms with Gasteiger partial charge in [0.25, 0.3) is 5.91 Å². The molecule has 0 aromatic carbocycles. The molecule has 1 fully saturated rings. The number of nitrogens with zero attached hydrogens (tertiary/aromatic N) is 2. The zero-order valence-electron chi connectivity index (χ0n) is 17.1. The number of amides is 1. The van der Waals surface area contributed by atoms with E-state index in [0.717, 1.165) is 30.2 Å². The van der Waals surface area contributed by atoms with Crippen molar-refractivity contribution in [3.05, 3.63) is 77.4 Å². The number of hydrogen-bond donors (Lipinski definition) is 2. The van der Waals surface area contributed by atoms with Crippen molar-refractivity contribution >= 4 is 11.7 Å². The Kier molecular flexibility index (Phi) is 7.47. The van der Waals surface area contributed by atoms with Crippen molar-refractivity contribution in [1.29, 1.82) is 0 Å². The van der Waals surface area contributed by atoms with Gasteiger partial charge >= 0.3 is 0 Å². The lowest BCUT2D eigenvalue weighted by molar-refractivity contribution is -0.117. The molecule has 29 heavy (non-hydrogen) atoms. The smallest absolute Gasteiger partial charge is 0.254 e. The van der Waals surface area contributed by atoms with E-state index in [1.165, 1.54) is 12.3 Å². The lowest BCUT2D eigenvalue weighted by atomic mass is 10.1. The van der Waals surface area contributed by atoms with Crippen LogP contribution in [-0.4, -0.2) is 16.7 Å². The molecule has 6 nitrogen and oxygen atoms in total. The Morgan fingerprint density at radius 3 is 2.72 bits per heavy atom. The number of allylic oxidation sites excluding steroid dienone is 2. The second kappa shape index (κ2) is 9.82. The van der Waals surface area contributed by atoms with Gasteiger partial charge in [0.2, 0.25) is 0 Å². The Hall–Kier alpha value is -3.22. The number of hydrogen-bond acceptors (Lipinski definition) is 4. The third kappa shape index (κ3) is 6.14. The maximum atomic E-state index is 13.5.